The van der Waals surface area contributed by atoms with Crippen LogP contribution in [-0.4, -0.2) is 18.5 Å². The van der Waals surface area contributed by atoms with E-state index in [1.807, 2.05) is 12.1 Å². The van der Waals surface area contributed by atoms with Crippen LogP contribution in [0.25, 0.3) is 0 Å². The fourth-order valence-corrected chi connectivity index (χ4v) is 4.29. The number of nitrogens with one attached hydrogen (secondary N) is 1. The SMILES string of the molecule is O=C1Nc2ccc(Br)cc2N2CC3CCCC3C12. The van der Waals surface area contributed by atoms with E-state index in [1.54, 1.807) is 0 Å². The summed E-state index contributed by atoms with van der Waals surface area (Å²) in [5.41, 5.74) is 2.14. The monoisotopic (exact) mass is 306 g/mol. The zero-order valence-corrected chi connectivity index (χ0v) is 11.6. The molecule has 0 radical (unpaired) electrons. The maximum absolute atomic E-state index is 12.3. The molecule has 3 unspecified atom stereocenters. The van der Waals surface area contributed by atoms with Crippen LogP contribution in [0.5, 0.6) is 0 Å². The summed E-state index contributed by atoms with van der Waals surface area (Å²) < 4.78 is 1.08. The van der Waals surface area contributed by atoms with Crippen LogP contribution in [0.1, 0.15) is 19.3 Å². The minimum atomic E-state index is 0.0688. The van der Waals surface area contributed by atoms with Gasteiger partial charge in [0.15, 0.2) is 0 Å². The third-order valence-corrected chi connectivity index (χ3v) is 5.18. The molecule has 2 heterocycles. The summed E-state index contributed by atoms with van der Waals surface area (Å²) in [5, 5.41) is 3.07. The highest BCUT2D eigenvalue weighted by atomic mass is 79.9. The van der Waals surface area contributed by atoms with E-state index in [1.165, 1.54) is 24.9 Å². The Balaban J connectivity index is 1.81. The molecule has 3 aliphatic rings. The second-order valence-electron chi connectivity index (χ2n) is 5.60. The van der Waals surface area contributed by atoms with Crippen molar-refractivity contribution in [3.05, 3.63) is 22.7 Å². The molecule has 94 valence electrons. The molecule has 1 aromatic carbocycles. The first-order chi connectivity index (χ1) is 8.74. The van der Waals surface area contributed by atoms with Gasteiger partial charge in [-0.3, -0.25) is 4.79 Å². The number of nitrogens with zero attached hydrogens (tertiary/aromatic N) is 1. The van der Waals surface area contributed by atoms with E-state index in [4.69, 9.17) is 0 Å². The molecule has 1 saturated heterocycles. The zero-order chi connectivity index (χ0) is 12.3. The molecule has 0 spiro atoms. The van der Waals surface area contributed by atoms with Gasteiger partial charge in [0.25, 0.3) is 0 Å². The molecule has 1 amide bonds. The molecule has 4 heteroatoms. The summed E-state index contributed by atoms with van der Waals surface area (Å²) in [6, 6.07) is 6.17. The number of benzene rings is 1. The summed E-state index contributed by atoms with van der Waals surface area (Å²) >= 11 is 3.52. The van der Waals surface area contributed by atoms with Crippen LogP contribution in [-0.2, 0) is 4.79 Å². The number of amides is 1. The van der Waals surface area contributed by atoms with Crippen molar-refractivity contribution >= 4 is 33.2 Å². The molecule has 1 aromatic rings. The van der Waals surface area contributed by atoms with E-state index in [0.717, 1.165) is 16.7 Å². The Kier molecular flexibility index (Phi) is 2.25. The fourth-order valence-electron chi connectivity index (χ4n) is 3.94. The van der Waals surface area contributed by atoms with E-state index in [9.17, 15) is 4.79 Å². The minimum absolute atomic E-state index is 0.0688. The first-order valence-electron chi connectivity index (χ1n) is 6.61. The number of carbonyl (C=O) groups is 1. The largest absolute Gasteiger partial charge is 0.357 e. The van der Waals surface area contributed by atoms with Crippen molar-refractivity contribution in [2.24, 2.45) is 11.8 Å². The first kappa shape index (κ1) is 10.9. The summed E-state index contributed by atoms with van der Waals surface area (Å²) in [7, 11) is 0. The predicted octanol–water partition coefficient (Wildman–Crippen LogP) is 3.01. The predicted molar refractivity (Wildman–Crippen MR) is 74.7 cm³/mol. The average Bonchev–Trinajstić information content (AvgIpc) is 2.90. The molecule has 4 rings (SSSR count). The Morgan fingerprint density at radius 3 is 3.11 bits per heavy atom. The average molecular weight is 307 g/mol. The number of rotatable bonds is 0. The third kappa shape index (κ3) is 1.38. The van der Waals surface area contributed by atoms with Crippen molar-refractivity contribution < 1.29 is 4.79 Å². The summed E-state index contributed by atoms with van der Waals surface area (Å²) in [6.07, 6.45) is 3.79. The van der Waals surface area contributed by atoms with Gasteiger partial charge >= 0.3 is 0 Å². The molecular weight excluding hydrogens is 292 g/mol. The second-order valence-corrected chi connectivity index (χ2v) is 6.52. The van der Waals surface area contributed by atoms with E-state index in [-0.39, 0.29) is 11.9 Å². The lowest BCUT2D eigenvalue weighted by molar-refractivity contribution is -0.118. The minimum Gasteiger partial charge on any atom is -0.357 e. The van der Waals surface area contributed by atoms with Crippen LogP contribution in [0.2, 0.25) is 0 Å². The molecule has 1 aliphatic carbocycles. The van der Waals surface area contributed by atoms with Crippen molar-refractivity contribution in [1.82, 2.24) is 0 Å². The number of anilines is 2. The number of halogens is 1. The number of hydrogen-bond donors (Lipinski definition) is 1. The van der Waals surface area contributed by atoms with Crippen molar-refractivity contribution in [3.63, 3.8) is 0 Å². The maximum Gasteiger partial charge on any atom is 0.247 e. The fraction of sp³-hybridized carbons (Fsp3) is 0.500. The lowest BCUT2D eigenvalue weighted by Crippen LogP contribution is -2.46. The van der Waals surface area contributed by atoms with Crippen molar-refractivity contribution in [3.8, 4) is 0 Å². The summed E-state index contributed by atoms with van der Waals surface area (Å²) in [6.45, 7) is 1.05. The van der Waals surface area contributed by atoms with Gasteiger partial charge in [0.05, 0.1) is 11.4 Å². The topological polar surface area (TPSA) is 32.3 Å². The Hall–Kier alpha value is -1.03. The van der Waals surface area contributed by atoms with Crippen molar-refractivity contribution in [2.75, 3.05) is 16.8 Å². The van der Waals surface area contributed by atoms with Gasteiger partial charge in [-0.1, -0.05) is 22.4 Å². The number of fused-ring (bicyclic) bond motifs is 5. The van der Waals surface area contributed by atoms with Gasteiger partial charge in [0, 0.05) is 11.0 Å². The van der Waals surface area contributed by atoms with Crippen LogP contribution in [0, 0.1) is 11.8 Å². The highest BCUT2D eigenvalue weighted by molar-refractivity contribution is 9.10. The molecule has 0 bridgehead atoms. The van der Waals surface area contributed by atoms with Crippen LogP contribution >= 0.6 is 15.9 Å². The van der Waals surface area contributed by atoms with Gasteiger partial charge in [0.2, 0.25) is 5.91 Å². The number of hydrogen-bond acceptors (Lipinski definition) is 2. The molecular formula is C14H15BrN2O. The Morgan fingerprint density at radius 1 is 1.33 bits per heavy atom. The van der Waals surface area contributed by atoms with Gasteiger partial charge < -0.3 is 10.2 Å². The van der Waals surface area contributed by atoms with E-state index < -0.39 is 0 Å². The molecule has 3 atom stereocenters. The standard InChI is InChI=1S/C14H15BrN2O/c15-9-4-5-11-12(6-9)17-7-8-2-1-3-10(8)13(17)14(18)16-11/h4-6,8,10,13H,1-3,7H2,(H,16,18). The molecule has 0 aromatic heterocycles. The third-order valence-electron chi connectivity index (χ3n) is 4.69. The van der Waals surface area contributed by atoms with Crippen LogP contribution in [0.15, 0.2) is 22.7 Å². The van der Waals surface area contributed by atoms with Gasteiger partial charge in [0.1, 0.15) is 6.04 Å². The maximum atomic E-state index is 12.3. The molecule has 1 N–H and O–H groups in total. The lowest BCUT2D eigenvalue weighted by Gasteiger charge is -2.35. The van der Waals surface area contributed by atoms with Crippen LogP contribution in [0.3, 0.4) is 0 Å². The van der Waals surface area contributed by atoms with Gasteiger partial charge in [-0.25, -0.2) is 0 Å². The molecule has 3 nitrogen and oxygen atoms in total. The quantitative estimate of drug-likeness (QED) is 0.799. The molecule has 18 heavy (non-hydrogen) atoms. The second kappa shape index (κ2) is 3.73. The van der Waals surface area contributed by atoms with E-state index in [2.05, 4.69) is 32.2 Å². The normalized spacial score (nSPS) is 32.8. The van der Waals surface area contributed by atoms with Crippen molar-refractivity contribution in [2.45, 2.75) is 25.3 Å². The summed E-state index contributed by atoms with van der Waals surface area (Å²) in [5.74, 6) is 1.47. The highest BCUT2D eigenvalue weighted by Crippen LogP contribution is 2.48. The Morgan fingerprint density at radius 2 is 2.22 bits per heavy atom. The molecule has 2 aliphatic heterocycles. The Bertz CT molecular complexity index is 531. The van der Waals surface area contributed by atoms with Crippen molar-refractivity contribution in [1.29, 1.82) is 0 Å². The lowest BCUT2D eigenvalue weighted by atomic mass is 9.92. The van der Waals surface area contributed by atoms with E-state index >= 15 is 0 Å². The zero-order valence-electron chi connectivity index (χ0n) is 10.0. The molecule has 2 fully saturated rings. The van der Waals surface area contributed by atoms with Gasteiger partial charge in [-0.05, 0) is 42.9 Å². The summed E-state index contributed by atoms with van der Waals surface area (Å²) in [4.78, 5) is 14.6. The highest BCUT2D eigenvalue weighted by Gasteiger charge is 2.49. The Labute approximate surface area is 115 Å². The smallest absolute Gasteiger partial charge is 0.247 e. The van der Waals surface area contributed by atoms with Crippen LogP contribution in [0.4, 0.5) is 11.4 Å². The van der Waals surface area contributed by atoms with E-state index in [0.29, 0.717) is 11.8 Å². The first-order valence-corrected chi connectivity index (χ1v) is 7.40. The van der Waals surface area contributed by atoms with Crippen LogP contribution < -0.4 is 10.2 Å². The number of carbonyl (C=O) groups excluding carboxylic acids is 1. The van der Waals surface area contributed by atoms with Gasteiger partial charge in [-0.2, -0.15) is 0 Å². The van der Waals surface area contributed by atoms with Gasteiger partial charge in [-0.15, -0.1) is 0 Å². The molecule has 1 saturated carbocycles.